The van der Waals surface area contributed by atoms with E-state index in [9.17, 15) is 13.2 Å². The number of sulfone groups is 1. The molecule has 2 unspecified atom stereocenters. The van der Waals surface area contributed by atoms with Gasteiger partial charge < -0.3 is 5.32 Å². The van der Waals surface area contributed by atoms with Crippen LogP contribution < -0.4 is 5.32 Å². The zero-order valence-corrected chi connectivity index (χ0v) is 19.4. The number of rotatable bonds is 7. The van der Waals surface area contributed by atoms with E-state index in [1.807, 2.05) is 35.2 Å². The Morgan fingerprint density at radius 1 is 1.03 bits per heavy atom. The molecule has 0 saturated carbocycles. The number of piperidine rings is 1. The van der Waals surface area contributed by atoms with Crippen molar-refractivity contribution in [1.82, 2.24) is 15.1 Å². The van der Waals surface area contributed by atoms with Crippen LogP contribution in [0.4, 0.5) is 0 Å². The Bertz CT molecular complexity index is 775. The zero-order valence-electron chi connectivity index (χ0n) is 18.6. The first kappa shape index (κ1) is 23.2. The van der Waals surface area contributed by atoms with Crippen molar-refractivity contribution in [2.45, 2.75) is 45.7 Å². The van der Waals surface area contributed by atoms with Gasteiger partial charge in [0.2, 0.25) is 5.91 Å². The number of carbonyl (C=O) groups excluding carboxylic acids is 1. The first-order valence-corrected chi connectivity index (χ1v) is 13.1. The van der Waals surface area contributed by atoms with E-state index in [0.717, 1.165) is 24.6 Å². The van der Waals surface area contributed by atoms with Crippen LogP contribution in [0.2, 0.25) is 0 Å². The van der Waals surface area contributed by atoms with Crippen LogP contribution in [0.15, 0.2) is 30.3 Å². The first-order valence-electron chi connectivity index (χ1n) is 11.3. The number of carbonyl (C=O) groups is 1. The summed E-state index contributed by atoms with van der Waals surface area (Å²) >= 11 is 0. The van der Waals surface area contributed by atoms with E-state index < -0.39 is 15.9 Å². The molecular weight excluding hydrogens is 398 g/mol. The highest BCUT2D eigenvalue weighted by molar-refractivity contribution is 7.91. The van der Waals surface area contributed by atoms with Crippen molar-refractivity contribution in [2.75, 3.05) is 44.2 Å². The molecule has 0 radical (unpaired) electrons. The number of likely N-dealkylation sites (tertiary alicyclic amines) is 1. The van der Waals surface area contributed by atoms with Gasteiger partial charge in [-0.2, -0.15) is 0 Å². The highest BCUT2D eigenvalue weighted by Gasteiger charge is 2.33. The second-order valence-corrected chi connectivity index (χ2v) is 11.6. The molecule has 2 saturated heterocycles. The summed E-state index contributed by atoms with van der Waals surface area (Å²) < 4.78 is 23.8. The van der Waals surface area contributed by atoms with Crippen molar-refractivity contribution in [2.24, 2.45) is 11.8 Å². The fraction of sp³-hybridized carbons (Fsp3) is 0.696. The number of hydrogen-bond acceptors (Lipinski definition) is 5. The molecule has 1 amide bonds. The largest absolute Gasteiger partial charge is 0.353 e. The van der Waals surface area contributed by atoms with E-state index in [2.05, 4.69) is 31.0 Å². The van der Waals surface area contributed by atoms with Gasteiger partial charge in [0.25, 0.3) is 0 Å². The smallest absolute Gasteiger partial charge is 0.242 e. The lowest BCUT2D eigenvalue weighted by Gasteiger charge is -2.39. The van der Waals surface area contributed by atoms with Crippen LogP contribution in [0.1, 0.15) is 45.2 Å². The molecule has 2 aliphatic heterocycles. The molecule has 1 N–H and O–H groups in total. The predicted molar refractivity (Wildman–Crippen MR) is 121 cm³/mol. The van der Waals surface area contributed by atoms with Crippen LogP contribution in [-0.4, -0.2) is 74.4 Å². The molecule has 7 heteroatoms. The quantitative estimate of drug-likeness (QED) is 0.712. The maximum atomic E-state index is 13.3. The third-order valence-corrected chi connectivity index (χ3v) is 8.26. The van der Waals surface area contributed by atoms with E-state index in [0.29, 0.717) is 31.6 Å². The lowest BCUT2D eigenvalue weighted by atomic mass is 9.94. The topological polar surface area (TPSA) is 69.7 Å². The van der Waals surface area contributed by atoms with Crippen LogP contribution in [0, 0.1) is 11.8 Å². The third-order valence-electron chi connectivity index (χ3n) is 6.65. The van der Waals surface area contributed by atoms with Crippen molar-refractivity contribution < 1.29 is 13.2 Å². The van der Waals surface area contributed by atoms with Crippen LogP contribution >= 0.6 is 0 Å². The van der Waals surface area contributed by atoms with Gasteiger partial charge in [-0.05, 0) is 43.3 Å². The molecule has 30 heavy (non-hydrogen) atoms. The molecule has 0 aliphatic carbocycles. The zero-order chi connectivity index (χ0) is 21.7. The van der Waals surface area contributed by atoms with Gasteiger partial charge in [0, 0.05) is 25.7 Å². The summed E-state index contributed by atoms with van der Waals surface area (Å²) in [5, 5.41) is 3.22. The molecule has 0 bridgehead atoms. The fourth-order valence-corrected chi connectivity index (χ4v) is 5.83. The van der Waals surface area contributed by atoms with Crippen molar-refractivity contribution in [3.63, 3.8) is 0 Å². The summed E-state index contributed by atoms with van der Waals surface area (Å²) in [6.45, 7) is 10.4. The summed E-state index contributed by atoms with van der Waals surface area (Å²) in [5.41, 5.74) is 0.919. The van der Waals surface area contributed by atoms with Crippen LogP contribution in [0.5, 0.6) is 0 Å². The Labute approximate surface area is 181 Å². The molecule has 0 spiro atoms. The van der Waals surface area contributed by atoms with E-state index >= 15 is 0 Å². The van der Waals surface area contributed by atoms with Gasteiger partial charge in [-0.25, -0.2) is 8.42 Å². The maximum absolute atomic E-state index is 13.3. The standard InChI is InChI=1S/C23H37N3O3S/c1-18(2)21(25-11-9-19(3)10-12-25)17-24-23(27)22(20-7-5-4-6-8-20)26-13-15-30(28,29)16-14-26/h4-8,18-19,21-22H,9-17H2,1-3H3,(H,24,27). The lowest BCUT2D eigenvalue weighted by molar-refractivity contribution is -0.127. The summed E-state index contributed by atoms with van der Waals surface area (Å²) in [4.78, 5) is 17.9. The highest BCUT2D eigenvalue weighted by atomic mass is 32.2. The van der Waals surface area contributed by atoms with Gasteiger partial charge in [-0.3, -0.25) is 14.6 Å². The Balaban J connectivity index is 1.69. The molecule has 2 atom stereocenters. The highest BCUT2D eigenvalue weighted by Crippen LogP contribution is 2.24. The van der Waals surface area contributed by atoms with Gasteiger partial charge >= 0.3 is 0 Å². The summed E-state index contributed by atoms with van der Waals surface area (Å²) in [7, 11) is -2.99. The van der Waals surface area contributed by atoms with Crippen molar-refractivity contribution >= 4 is 15.7 Å². The Morgan fingerprint density at radius 2 is 1.63 bits per heavy atom. The van der Waals surface area contributed by atoms with Crippen LogP contribution in [0.25, 0.3) is 0 Å². The van der Waals surface area contributed by atoms with Gasteiger partial charge in [-0.15, -0.1) is 0 Å². The van der Waals surface area contributed by atoms with Crippen molar-refractivity contribution in [1.29, 1.82) is 0 Å². The molecule has 2 aliphatic rings. The molecule has 1 aromatic carbocycles. The normalized spacial score (nSPS) is 23.2. The van der Waals surface area contributed by atoms with Crippen molar-refractivity contribution in [3.05, 3.63) is 35.9 Å². The van der Waals surface area contributed by atoms with Gasteiger partial charge in [0.15, 0.2) is 9.84 Å². The second kappa shape index (κ2) is 10.2. The minimum absolute atomic E-state index is 0.0310. The van der Waals surface area contributed by atoms with E-state index in [1.165, 1.54) is 12.8 Å². The average molecular weight is 436 g/mol. The molecule has 168 valence electrons. The number of hydrogen-bond donors (Lipinski definition) is 1. The maximum Gasteiger partial charge on any atom is 0.242 e. The summed E-state index contributed by atoms with van der Waals surface area (Å²) in [6, 6.07) is 9.59. The third kappa shape index (κ3) is 6.05. The van der Waals surface area contributed by atoms with Crippen molar-refractivity contribution in [3.8, 4) is 0 Å². The van der Waals surface area contributed by atoms with E-state index in [4.69, 9.17) is 0 Å². The molecule has 2 heterocycles. The summed E-state index contributed by atoms with van der Waals surface area (Å²) in [5.74, 6) is 1.43. The monoisotopic (exact) mass is 435 g/mol. The predicted octanol–water partition coefficient (Wildman–Crippen LogP) is 2.33. The minimum atomic E-state index is -2.99. The van der Waals surface area contributed by atoms with Gasteiger partial charge in [0.05, 0.1) is 11.5 Å². The minimum Gasteiger partial charge on any atom is -0.353 e. The number of nitrogens with zero attached hydrogens (tertiary/aromatic N) is 2. The second-order valence-electron chi connectivity index (χ2n) is 9.28. The molecular formula is C23H37N3O3S. The van der Waals surface area contributed by atoms with Gasteiger partial charge in [-0.1, -0.05) is 51.1 Å². The molecule has 6 nitrogen and oxygen atoms in total. The molecule has 0 aromatic heterocycles. The number of nitrogens with one attached hydrogen (secondary N) is 1. The summed E-state index contributed by atoms with van der Waals surface area (Å²) in [6.07, 6.45) is 2.43. The van der Waals surface area contributed by atoms with E-state index in [1.54, 1.807) is 0 Å². The van der Waals surface area contributed by atoms with E-state index in [-0.39, 0.29) is 17.4 Å². The lowest BCUT2D eigenvalue weighted by Crippen LogP contribution is -2.52. The average Bonchev–Trinajstić information content (AvgIpc) is 2.71. The SMILES string of the molecule is CC1CCN(C(CNC(=O)C(c2ccccc2)N2CCS(=O)(=O)CC2)C(C)C)CC1. The van der Waals surface area contributed by atoms with Crippen LogP contribution in [-0.2, 0) is 14.6 Å². The Hall–Kier alpha value is -1.44. The molecule has 3 rings (SSSR count). The fourth-order valence-electron chi connectivity index (χ4n) is 4.60. The van der Waals surface area contributed by atoms with Crippen LogP contribution in [0.3, 0.4) is 0 Å². The Morgan fingerprint density at radius 3 is 2.20 bits per heavy atom. The van der Waals surface area contributed by atoms with Gasteiger partial charge in [0.1, 0.15) is 6.04 Å². The molecule has 1 aromatic rings. The number of amides is 1. The first-order chi connectivity index (χ1) is 14.3. The number of benzene rings is 1. The Kier molecular flexibility index (Phi) is 7.93. The molecule has 2 fully saturated rings.